The Kier molecular flexibility index (Phi) is 17.9. The van der Waals surface area contributed by atoms with Crippen LogP contribution >= 0.6 is 0 Å². The fourth-order valence-electron chi connectivity index (χ4n) is 8.75. The number of aryl methyl sites for hydroxylation is 2. The number of alkyl carbamates (subject to hydrolysis) is 1. The largest absolute Gasteiger partial charge is 0.460 e. The zero-order chi connectivity index (χ0) is 52.4. The van der Waals surface area contributed by atoms with Crippen molar-refractivity contribution in [2.24, 2.45) is 11.8 Å². The molecule has 5 N–H and O–H groups in total. The number of benzene rings is 3. The molecule has 72 heavy (non-hydrogen) atoms. The van der Waals surface area contributed by atoms with Crippen LogP contribution in [0.25, 0.3) is 22.5 Å². The molecule has 0 bridgehead atoms. The topological polar surface area (TPSA) is 223 Å². The highest BCUT2D eigenvalue weighted by Gasteiger charge is 2.31. The molecule has 0 unspecified atom stereocenters. The molecule has 5 amide bonds. The maximum atomic E-state index is 14.1. The Balaban J connectivity index is 1.08. The van der Waals surface area contributed by atoms with Gasteiger partial charge >= 0.3 is 18.2 Å². The lowest BCUT2D eigenvalue weighted by atomic mass is 9.81. The molecule has 1 saturated carbocycles. The van der Waals surface area contributed by atoms with Gasteiger partial charge < -0.3 is 45.4 Å². The standard InChI is InChI=1S/C55H74N8O9/c1-34-31-40(49(66)57-42-27-29-63(30-28-42)52(69)72-55(8,9)10)21-24-43(34)37-15-11-35(12-16-37)32-44(59-48(65)39-17-13-36(14-18-39)33-56-51(68)71-54(5,6)7)50(67)58-41-22-19-38(20-23-41)47-60-45(61-62-47)25-26-46(64)70-53(2,3)4/h11-12,15-16,19-24,31,36,39,42,44H,13-14,17-18,25-30,32-33H2,1-10H3,(H,56,68)(H,57,66)(H,58,67)(H,59,65)(H,60,61,62)/t36-,39-,44-/m0/s1. The van der Waals surface area contributed by atoms with E-state index < -0.39 is 28.9 Å². The van der Waals surface area contributed by atoms with Gasteiger partial charge in [0.15, 0.2) is 5.82 Å². The first-order valence-electron chi connectivity index (χ1n) is 25.2. The lowest BCUT2D eigenvalue weighted by molar-refractivity contribution is -0.154. The van der Waals surface area contributed by atoms with Crippen LogP contribution in [0, 0.1) is 18.8 Å². The highest BCUT2D eigenvalue weighted by molar-refractivity contribution is 5.98. The highest BCUT2D eigenvalue weighted by Crippen LogP contribution is 2.30. The summed E-state index contributed by atoms with van der Waals surface area (Å²) >= 11 is 0. The highest BCUT2D eigenvalue weighted by atomic mass is 16.6. The molecule has 6 rings (SSSR count). The number of ether oxygens (including phenoxy) is 3. The average Bonchev–Trinajstić information content (AvgIpc) is 3.78. The number of hydrogen-bond acceptors (Lipinski definition) is 11. The lowest BCUT2D eigenvalue weighted by Gasteiger charge is -2.33. The van der Waals surface area contributed by atoms with Crippen molar-refractivity contribution in [3.8, 4) is 22.5 Å². The summed E-state index contributed by atoms with van der Waals surface area (Å²) < 4.78 is 16.3. The summed E-state index contributed by atoms with van der Waals surface area (Å²) in [5.74, 6) is -0.0834. The van der Waals surface area contributed by atoms with Gasteiger partial charge in [-0.3, -0.25) is 19.2 Å². The van der Waals surface area contributed by atoms with E-state index in [9.17, 15) is 28.8 Å². The molecule has 17 heteroatoms. The SMILES string of the molecule is Cc1cc(C(=O)NC2CCN(C(=O)OC(C)(C)C)CC2)ccc1-c1ccc(C[C@H](NC(=O)[C@H]2CC[C@H](CNC(=O)OC(C)(C)C)CC2)C(=O)Nc2ccc(-c3nnc(CCC(=O)OC(C)(C)C)[nH]3)cc2)cc1. The van der Waals surface area contributed by atoms with Crippen LogP contribution in [0.2, 0.25) is 0 Å². The number of piperidine rings is 1. The molecule has 2 fully saturated rings. The van der Waals surface area contributed by atoms with Crippen molar-refractivity contribution < 1.29 is 43.0 Å². The number of H-pyrrole nitrogens is 1. The predicted molar refractivity (Wildman–Crippen MR) is 275 cm³/mol. The summed E-state index contributed by atoms with van der Waals surface area (Å²) in [6.45, 7) is 19.9. The second-order valence-electron chi connectivity index (χ2n) is 22.1. The van der Waals surface area contributed by atoms with Crippen LogP contribution in [0.15, 0.2) is 66.7 Å². The first-order chi connectivity index (χ1) is 33.9. The van der Waals surface area contributed by atoms with Crippen molar-refractivity contribution in [1.29, 1.82) is 0 Å². The number of hydrogen-bond donors (Lipinski definition) is 5. The number of nitrogens with one attached hydrogen (secondary N) is 5. The number of likely N-dealkylation sites (tertiary alicyclic amines) is 1. The normalized spacial score (nSPS) is 17.0. The summed E-state index contributed by atoms with van der Waals surface area (Å²) in [5.41, 5.74) is 3.71. The summed E-state index contributed by atoms with van der Waals surface area (Å²) in [4.78, 5) is 83.2. The molecule has 1 aliphatic carbocycles. The van der Waals surface area contributed by atoms with E-state index in [1.807, 2.05) is 112 Å². The summed E-state index contributed by atoms with van der Waals surface area (Å²) in [7, 11) is 0. The Morgan fingerprint density at radius 3 is 1.97 bits per heavy atom. The molecule has 0 radical (unpaired) electrons. The van der Waals surface area contributed by atoms with Gasteiger partial charge in [-0.25, -0.2) is 9.59 Å². The fraction of sp³-hybridized carbons (Fsp3) is 0.527. The van der Waals surface area contributed by atoms with Crippen LogP contribution in [0.4, 0.5) is 15.3 Å². The number of rotatable bonds is 15. The number of esters is 1. The van der Waals surface area contributed by atoms with Gasteiger partial charge in [0.2, 0.25) is 11.8 Å². The van der Waals surface area contributed by atoms with Crippen LogP contribution in [-0.2, 0) is 41.4 Å². The van der Waals surface area contributed by atoms with Gasteiger partial charge in [0.25, 0.3) is 5.91 Å². The number of nitrogens with zero attached hydrogens (tertiary/aromatic N) is 3. The van der Waals surface area contributed by atoms with Crippen LogP contribution in [0.5, 0.6) is 0 Å². The fourth-order valence-corrected chi connectivity index (χ4v) is 8.75. The number of aromatic amines is 1. The van der Waals surface area contributed by atoms with Crippen LogP contribution in [-0.4, -0.2) is 104 Å². The van der Waals surface area contributed by atoms with Gasteiger partial charge in [-0.05, 0) is 172 Å². The van der Waals surface area contributed by atoms with Gasteiger partial charge in [0.05, 0.1) is 6.42 Å². The van der Waals surface area contributed by atoms with Crippen molar-refractivity contribution in [3.05, 3.63) is 89.2 Å². The van der Waals surface area contributed by atoms with Crippen molar-refractivity contribution in [3.63, 3.8) is 0 Å². The zero-order valence-corrected chi connectivity index (χ0v) is 43.7. The second kappa shape index (κ2) is 23.6. The number of carbonyl (C=O) groups excluding carboxylic acids is 6. The first kappa shape index (κ1) is 54.6. The van der Waals surface area contributed by atoms with Gasteiger partial charge in [-0.15, -0.1) is 10.2 Å². The van der Waals surface area contributed by atoms with E-state index in [1.54, 1.807) is 29.2 Å². The number of anilines is 1. The minimum atomic E-state index is -0.902. The maximum Gasteiger partial charge on any atom is 0.410 e. The summed E-state index contributed by atoms with van der Waals surface area (Å²) in [5, 5.41) is 20.5. The van der Waals surface area contributed by atoms with Crippen LogP contribution < -0.4 is 21.3 Å². The Morgan fingerprint density at radius 1 is 0.736 bits per heavy atom. The molecule has 2 aliphatic rings. The monoisotopic (exact) mass is 991 g/mol. The molecule has 1 aliphatic heterocycles. The predicted octanol–water partition coefficient (Wildman–Crippen LogP) is 8.85. The summed E-state index contributed by atoms with van der Waals surface area (Å²) in [6.07, 6.45) is 3.94. The molecule has 2 heterocycles. The van der Waals surface area contributed by atoms with E-state index in [1.165, 1.54) is 0 Å². The molecule has 17 nitrogen and oxygen atoms in total. The summed E-state index contributed by atoms with van der Waals surface area (Å²) in [6, 6.07) is 19.6. The van der Waals surface area contributed by atoms with E-state index >= 15 is 0 Å². The molecule has 1 saturated heterocycles. The van der Waals surface area contributed by atoms with Gasteiger partial charge in [0.1, 0.15) is 28.7 Å². The lowest BCUT2D eigenvalue weighted by Crippen LogP contribution is -2.48. The molecule has 1 atom stereocenters. The van der Waals surface area contributed by atoms with E-state index in [0.717, 1.165) is 40.7 Å². The molecular weight excluding hydrogens is 917 g/mol. The molecule has 0 spiro atoms. The minimum Gasteiger partial charge on any atom is -0.460 e. The second-order valence-corrected chi connectivity index (χ2v) is 22.1. The quantitative estimate of drug-likeness (QED) is 0.0559. The van der Waals surface area contributed by atoms with E-state index in [0.29, 0.717) is 74.6 Å². The molecular formula is C55H74N8O9. The number of amides is 5. The number of aromatic nitrogens is 3. The van der Waals surface area contributed by atoms with Crippen molar-refractivity contribution in [2.75, 3.05) is 25.0 Å². The molecule has 4 aromatic rings. The third kappa shape index (κ3) is 16.9. The number of carbonyl (C=O) groups is 6. The third-order valence-corrected chi connectivity index (χ3v) is 12.4. The zero-order valence-electron chi connectivity index (χ0n) is 43.7. The maximum absolute atomic E-state index is 14.1. The smallest absolute Gasteiger partial charge is 0.410 e. The van der Waals surface area contributed by atoms with Gasteiger partial charge in [-0.1, -0.05) is 30.3 Å². The van der Waals surface area contributed by atoms with Crippen LogP contribution in [0.1, 0.15) is 135 Å². The average molecular weight is 991 g/mol. The van der Waals surface area contributed by atoms with E-state index in [4.69, 9.17) is 14.2 Å². The van der Waals surface area contributed by atoms with Crippen LogP contribution in [0.3, 0.4) is 0 Å². The Morgan fingerprint density at radius 2 is 1.36 bits per heavy atom. The Bertz CT molecular complexity index is 2520. The van der Waals surface area contributed by atoms with Crippen molar-refractivity contribution in [1.82, 2.24) is 36.0 Å². The van der Waals surface area contributed by atoms with E-state index in [2.05, 4.69) is 36.4 Å². The van der Waals surface area contributed by atoms with Gasteiger partial charge in [-0.2, -0.15) is 0 Å². The minimum absolute atomic E-state index is 0.0563. The Labute approximate surface area is 423 Å². The van der Waals surface area contributed by atoms with Gasteiger partial charge in [0, 0.05) is 61.2 Å². The van der Waals surface area contributed by atoms with Crippen molar-refractivity contribution >= 4 is 41.6 Å². The molecule has 3 aromatic carbocycles. The first-order valence-corrected chi connectivity index (χ1v) is 25.2. The van der Waals surface area contributed by atoms with Crippen molar-refractivity contribution in [2.45, 2.75) is 156 Å². The molecule has 1 aromatic heterocycles. The third-order valence-electron chi connectivity index (χ3n) is 12.4. The van der Waals surface area contributed by atoms with E-state index in [-0.39, 0.29) is 60.5 Å². The Hall–Kier alpha value is -6.78. The molecule has 388 valence electrons.